The molecule has 7 heteroatoms. The van der Waals surface area contributed by atoms with E-state index in [9.17, 15) is 22.8 Å². The van der Waals surface area contributed by atoms with Crippen LogP contribution >= 0.6 is 0 Å². The first kappa shape index (κ1) is 16.3. The van der Waals surface area contributed by atoms with Gasteiger partial charge in [0.2, 0.25) is 5.91 Å². The summed E-state index contributed by atoms with van der Waals surface area (Å²) < 4.78 is 39.8. The Hall–Kier alpha value is -1.53. The summed E-state index contributed by atoms with van der Waals surface area (Å²) in [7, 11) is 0. The van der Waals surface area contributed by atoms with Gasteiger partial charge in [0, 0.05) is 23.9 Å². The maximum Gasteiger partial charge on any atom is 0.403 e. The van der Waals surface area contributed by atoms with E-state index in [0.29, 0.717) is 12.8 Å². The molecule has 3 aliphatic rings. The Morgan fingerprint density at radius 3 is 2.22 bits per heavy atom. The van der Waals surface area contributed by atoms with Crippen molar-refractivity contribution in [3.05, 3.63) is 11.8 Å². The zero-order valence-corrected chi connectivity index (χ0v) is 13.3. The molecule has 1 aliphatic heterocycles. The average molecular weight is 330 g/mol. The number of nitrogens with zero attached hydrogens (tertiary/aromatic N) is 1. The van der Waals surface area contributed by atoms with Crippen molar-refractivity contribution in [3.63, 3.8) is 0 Å². The molecule has 1 amide bonds. The first-order valence-electron chi connectivity index (χ1n) is 7.82. The highest BCUT2D eigenvalue weighted by molar-refractivity contribution is 6.00. The van der Waals surface area contributed by atoms with E-state index in [2.05, 4.69) is 0 Å². The molecule has 128 valence electrons. The van der Waals surface area contributed by atoms with E-state index < -0.39 is 28.3 Å². The molecule has 0 bridgehead atoms. The van der Waals surface area contributed by atoms with Gasteiger partial charge in [-0.2, -0.15) is 13.2 Å². The summed E-state index contributed by atoms with van der Waals surface area (Å²) in [5.74, 6) is -0.956. The molecule has 23 heavy (non-hydrogen) atoms. The number of ketones is 1. The third kappa shape index (κ3) is 2.19. The third-order valence-electron chi connectivity index (χ3n) is 5.59. The second-order valence-electron chi connectivity index (χ2n) is 7.95. The Morgan fingerprint density at radius 2 is 1.83 bits per heavy atom. The van der Waals surface area contributed by atoms with Crippen molar-refractivity contribution in [2.24, 2.45) is 22.0 Å². The van der Waals surface area contributed by atoms with E-state index in [4.69, 9.17) is 5.73 Å². The van der Waals surface area contributed by atoms with Gasteiger partial charge in [-0.15, -0.1) is 0 Å². The van der Waals surface area contributed by atoms with Crippen LogP contribution < -0.4 is 5.73 Å². The van der Waals surface area contributed by atoms with Gasteiger partial charge < -0.3 is 10.6 Å². The maximum absolute atomic E-state index is 13.3. The van der Waals surface area contributed by atoms with Crippen LogP contribution in [0.1, 0.15) is 39.5 Å². The van der Waals surface area contributed by atoms with Crippen molar-refractivity contribution < 1.29 is 22.8 Å². The summed E-state index contributed by atoms with van der Waals surface area (Å²) >= 11 is 0. The Balaban J connectivity index is 1.77. The van der Waals surface area contributed by atoms with E-state index >= 15 is 0 Å². The van der Waals surface area contributed by atoms with Crippen LogP contribution in [0.5, 0.6) is 0 Å². The molecule has 0 aromatic carbocycles. The topological polar surface area (TPSA) is 63.4 Å². The summed E-state index contributed by atoms with van der Waals surface area (Å²) in [5.41, 5.74) is 2.63. The minimum atomic E-state index is -4.50. The molecule has 2 N–H and O–H groups in total. The summed E-state index contributed by atoms with van der Waals surface area (Å²) in [6.45, 7) is 3.98. The van der Waals surface area contributed by atoms with Crippen molar-refractivity contribution in [1.82, 2.24) is 4.90 Å². The molecule has 0 aromatic rings. The lowest BCUT2D eigenvalue weighted by Gasteiger charge is -2.56. The number of likely N-dealkylation sites (tertiary alicyclic amines) is 1. The highest BCUT2D eigenvalue weighted by Gasteiger charge is 2.66. The number of carbonyl (C=O) groups is 2. The predicted molar refractivity (Wildman–Crippen MR) is 77.0 cm³/mol. The SMILES string of the molecule is CC1(C)CC2(C=C(N)C1=O)CN(C(=O)C1(C(F)(F)F)CCC1)C2. The highest BCUT2D eigenvalue weighted by Crippen LogP contribution is 2.56. The zero-order chi connectivity index (χ0) is 17.3. The van der Waals surface area contributed by atoms with Crippen LogP contribution in [0.2, 0.25) is 0 Å². The van der Waals surface area contributed by atoms with E-state index in [1.165, 1.54) is 4.90 Å². The third-order valence-corrected chi connectivity index (χ3v) is 5.59. The summed E-state index contributed by atoms with van der Waals surface area (Å²) in [4.78, 5) is 25.7. The lowest BCUT2D eigenvalue weighted by molar-refractivity contribution is -0.252. The fourth-order valence-electron chi connectivity index (χ4n) is 4.31. The molecule has 3 rings (SSSR count). The van der Waals surface area contributed by atoms with Gasteiger partial charge in [-0.25, -0.2) is 0 Å². The van der Waals surface area contributed by atoms with E-state index in [1.807, 2.05) is 0 Å². The van der Waals surface area contributed by atoms with Gasteiger partial charge in [0.25, 0.3) is 0 Å². The normalized spacial score (nSPS) is 28.0. The predicted octanol–water partition coefficient (Wildman–Crippen LogP) is 2.39. The number of rotatable bonds is 1. The van der Waals surface area contributed by atoms with Crippen molar-refractivity contribution >= 4 is 11.7 Å². The number of nitrogens with two attached hydrogens (primary N) is 1. The smallest absolute Gasteiger partial charge is 0.396 e. The van der Waals surface area contributed by atoms with Crippen LogP contribution in [0.25, 0.3) is 0 Å². The minimum Gasteiger partial charge on any atom is -0.396 e. The van der Waals surface area contributed by atoms with E-state index in [0.717, 1.165) is 0 Å². The maximum atomic E-state index is 13.3. The van der Waals surface area contributed by atoms with Crippen LogP contribution in [0.3, 0.4) is 0 Å². The number of Topliss-reactive ketones (excluding diaryl/α,β-unsaturated/α-hetero) is 1. The molecule has 1 saturated heterocycles. The molecule has 2 aliphatic carbocycles. The quantitative estimate of drug-likeness (QED) is 0.803. The Labute approximate surface area is 132 Å². The van der Waals surface area contributed by atoms with Gasteiger partial charge >= 0.3 is 6.18 Å². The molecule has 1 saturated carbocycles. The van der Waals surface area contributed by atoms with Gasteiger partial charge in [-0.05, 0) is 25.3 Å². The molecular formula is C16H21F3N2O2. The minimum absolute atomic E-state index is 0.124. The zero-order valence-electron chi connectivity index (χ0n) is 13.3. The van der Waals surface area contributed by atoms with Gasteiger partial charge in [0.05, 0.1) is 5.70 Å². The van der Waals surface area contributed by atoms with Crippen molar-refractivity contribution in [1.29, 1.82) is 0 Å². The number of hydrogen-bond acceptors (Lipinski definition) is 3. The molecule has 0 radical (unpaired) electrons. The van der Waals surface area contributed by atoms with Crippen molar-refractivity contribution in [2.75, 3.05) is 13.1 Å². The highest BCUT2D eigenvalue weighted by atomic mass is 19.4. The van der Waals surface area contributed by atoms with Crippen LogP contribution in [0.4, 0.5) is 13.2 Å². The number of carbonyl (C=O) groups excluding carboxylic acids is 2. The largest absolute Gasteiger partial charge is 0.403 e. The fourth-order valence-corrected chi connectivity index (χ4v) is 4.31. The molecule has 2 fully saturated rings. The number of amides is 1. The lowest BCUT2D eigenvalue weighted by atomic mass is 9.60. The number of halogens is 3. The number of hydrogen-bond donors (Lipinski definition) is 1. The fraction of sp³-hybridized carbons (Fsp3) is 0.750. The summed E-state index contributed by atoms with van der Waals surface area (Å²) in [6, 6.07) is 0. The van der Waals surface area contributed by atoms with Crippen LogP contribution in [0, 0.1) is 16.2 Å². The number of alkyl halides is 3. The van der Waals surface area contributed by atoms with E-state index in [-0.39, 0.29) is 37.4 Å². The second-order valence-corrected chi connectivity index (χ2v) is 7.95. The molecule has 1 heterocycles. The Bertz CT molecular complexity index is 597. The van der Waals surface area contributed by atoms with E-state index in [1.54, 1.807) is 19.9 Å². The number of allylic oxidation sites excluding steroid dienone is 1. The molecule has 0 unspecified atom stereocenters. The van der Waals surface area contributed by atoms with Gasteiger partial charge in [-0.1, -0.05) is 20.3 Å². The molecular weight excluding hydrogens is 309 g/mol. The second kappa shape index (κ2) is 4.51. The first-order valence-corrected chi connectivity index (χ1v) is 7.82. The first-order chi connectivity index (χ1) is 10.4. The lowest BCUT2D eigenvalue weighted by Crippen LogP contribution is -2.66. The standard InChI is InChI=1S/C16H21F3N2O2/c1-13(2)7-14(6-10(20)11(13)22)8-21(9-14)12(23)15(4-3-5-15)16(17,18)19/h6H,3-5,7-9,20H2,1-2H3. The molecule has 1 spiro atoms. The van der Waals surface area contributed by atoms with Crippen LogP contribution in [-0.2, 0) is 9.59 Å². The van der Waals surface area contributed by atoms with Gasteiger partial charge in [0.1, 0.15) is 5.41 Å². The molecule has 4 nitrogen and oxygen atoms in total. The Kier molecular flexibility index (Phi) is 3.20. The van der Waals surface area contributed by atoms with Crippen molar-refractivity contribution in [3.8, 4) is 0 Å². The van der Waals surface area contributed by atoms with Gasteiger partial charge in [0.15, 0.2) is 5.78 Å². The average Bonchev–Trinajstić information content (AvgIpc) is 2.28. The van der Waals surface area contributed by atoms with Crippen molar-refractivity contribution in [2.45, 2.75) is 45.7 Å². The van der Waals surface area contributed by atoms with Crippen LogP contribution in [0.15, 0.2) is 11.8 Å². The Morgan fingerprint density at radius 1 is 1.26 bits per heavy atom. The summed E-state index contributed by atoms with van der Waals surface area (Å²) in [6.07, 6.45) is -2.17. The van der Waals surface area contributed by atoms with Crippen LogP contribution in [-0.4, -0.2) is 35.9 Å². The molecule has 0 atom stereocenters. The van der Waals surface area contributed by atoms with Gasteiger partial charge in [-0.3, -0.25) is 9.59 Å². The monoisotopic (exact) mass is 330 g/mol. The molecule has 0 aromatic heterocycles. The summed E-state index contributed by atoms with van der Waals surface area (Å²) in [5, 5.41) is 0.